The number of rotatable bonds is 6. The molecule has 0 saturated carbocycles. The molecule has 2 atom stereocenters. The molecule has 0 radical (unpaired) electrons. The maximum Gasteiger partial charge on any atom is 0.223 e. The molecule has 0 bridgehead atoms. The molecule has 0 aliphatic carbocycles. The summed E-state index contributed by atoms with van der Waals surface area (Å²) in [6.45, 7) is 11.5. The molecule has 0 fully saturated rings. The number of carbonyl (C=O) groups is 1. The first kappa shape index (κ1) is 15.0. The first-order valence-electron chi connectivity index (χ1n) is 5.22. The third-order valence-corrected chi connectivity index (χ3v) is 3.87. The van der Waals surface area contributed by atoms with Crippen molar-refractivity contribution in [3.63, 3.8) is 0 Å². The molecular formula is C11H23O3P. The highest BCUT2D eigenvalue weighted by Gasteiger charge is 2.34. The molecule has 0 saturated heterocycles. The fourth-order valence-corrected chi connectivity index (χ4v) is 1.22. The second-order valence-corrected chi connectivity index (χ2v) is 6.78. The van der Waals surface area contributed by atoms with Gasteiger partial charge in [0.1, 0.15) is 0 Å². The van der Waals surface area contributed by atoms with Gasteiger partial charge in [-0.25, -0.2) is 0 Å². The first-order valence-corrected chi connectivity index (χ1v) is 6.72. The predicted octanol–water partition coefficient (Wildman–Crippen LogP) is 2.02. The lowest BCUT2D eigenvalue weighted by atomic mass is 10.0. The highest BCUT2D eigenvalue weighted by molar-refractivity contribution is 7.39. The Bertz CT molecular complexity index is 222. The van der Waals surface area contributed by atoms with Gasteiger partial charge < -0.3 is 9.84 Å². The molecular weight excluding hydrogens is 211 g/mol. The number of aliphatic hydroxyl groups is 1. The molecule has 0 rings (SSSR count). The first-order chi connectivity index (χ1) is 6.62. The van der Waals surface area contributed by atoms with Crippen LogP contribution in [0.3, 0.4) is 0 Å². The van der Waals surface area contributed by atoms with Gasteiger partial charge in [-0.15, -0.1) is 8.58 Å². The van der Waals surface area contributed by atoms with E-state index in [1.54, 1.807) is 13.8 Å². The Kier molecular flexibility index (Phi) is 5.39. The fraction of sp³-hybridized carbons (Fsp3) is 0.909. The predicted molar refractivity (Wildman–Crippen MR) is 64.7 cm³/mol. The topological polar surface area (TPSA) is 46.5 Å². The van der Waals surface area contributed by atoms with Crippen LogP contribution in [0.25, 0.3) is 0 Å². The number of carbonyl (C=O) groups excluding carboxylic acids is 1. The van der Waals surface area contributed by atoms with E-state index < -0.39 is 5.79 Å². The van der Waals surface area contributed by atoms with Crippen molar-refractivity contribution >= 4 is 14.4 Å². The van der Waals surface area contributed by atoms with E-state index in [1.165, 1.54) is 6.92 Å². The van der Waals surface area contributed by atoms with Crippen LogP contribution in [0.5, 0.6) is 0 Å². The molecule has 0 aromatic rings. The van der Waals surface area contributed by atoms with Crippen molar-refractivity contribution in [1.29, 1.82) is 0 Å². The maximum absolute atomic E-state index is 11.6. The maximum atomic E-state index is 11.6. The lowest BCUT2D eigenvalue weighted by Gasteiger charge is -2.30. The normalized spacial score (nSPS) is 17.3. The molecule has 4 heteroatoms. The van der Waals surface area contributed by atoms with Gasteiger partial charge in [-0.1, -0.05) is 27.7 Å². The van der Waals surface area contributed by atoms with Gasteiger partial charge in [0.15, 0.2) is 5.78 Å². The molecule has 3 nitrogen and oxygen atoms in total. The van der Waals surface area contributed by atoms with Gasteiger partial charge in [-0.3, -0.25) is 4.79 Å². The Morgan fingerprint density at radius 3 is 2.20 bits per heavy atom. The summed E-state index contributed by atoms with van der Waals surface area (Å²) in [4.78, 5) is 11.6. The molecule has 15 heavy (non-hydrogen) atoms. The van der Waals surface area contributed by atoms with Gasteiger partial charge in [0.2, 0.25) is 5.79 Å². The lowest BCUT2D eigenvalue weighted by molar-refractivity contribution is -0.201. The monoisotopic (exact) mass is 234 g/mol. The smallest absolute Gasteiger partial charge is 0.223 e. The van der Waals surface area contributed by atoms with E-state index in [0.717, 1.165) is 0 Å². The molecule has 0 aliphatic rings. The van der Waals surface area contributed by atoms with Crippen molar-refractivity contribution in [2.75, 3.05) is 13.3 Å². The van der Waals surface area contributed by atoms with Crippen molar-refractivity contribution in [1.82, 2.24) is 0 Å². The van der Waals surface area contributed by atoms with Crippen LogP contribution in [0.1, 0.15) is 34.6 Å². The van der Waals surface area contributed by atoms with Crippen LogP contribution in [0, 0.1) is 5.92 Å². The van der Waals surface area contributed by atoms with E-state index in [9.17, 15) is 9.90 Å². The number of ketones is 1. The Balaban J connectivity index is 4.33. The summed E-state index contributed by atoms with van der Waals surface area (Å²) in [7, 11) is 0.711. The third-order valence-electron chi connectivity index (χ3n) is 2.37. The summed E-state index contributed by atoms with van der Waals surface area (Å²) in [6.07, 6.45) is 0. The molecule has 0 heterocycles. The quantitative estimate of drug-likeness (QED) is 0.565. The minimum absolute atomic E-state index is 0.0151. The van der Waals surface area contributed by atoms with Crippen LogP contribution >= 0.6 is 8.58 Å². The van der Waals surface area contributed by atoms with Gasteiger partial charge in [0.05, 0.1) is 6.61 Å². The molecule has 0 spiro atoms. The zero-order chi connectivity index (χ0) is 12.3. The highest BCUT2D eigenvalue weighted by atomic mass is 31.1. The van der Waals surface area contributed by atoms with E-state index in [0.29, 0.717) is 15.2 Å². The highest BCUT2D eigenvalue weighted by Crippen LogP contribution is 2.29. The van der Waals surface area contributed by atoms with Crippen molar-refractivity contribution < 1.29 is 14.6 Å². The molecule has 0 amide bonds. The second kappa shape index (κ2) is 5.38. The lowest BCUT2D eigenvalue weighted by Crippen LogP contribution is -2.43. The van der Waals surface area contributed by atoms with Crippen molar-refractivity contribution in [2.45, 2.75) is 45.6 Å². The zero-order valence-corrected chi connectivity index (χ0v) is 11.5. The Hall–Kier alpha value is 0.0200. The fourth-order valence-electron chi connectivity index (χ4n) is 1.000. The minimum atomic E-state index is -1.65. The van der Waals surface area contributed by atoms with E-state index >= 15 is 0 Å². The standard InChI is InChI=1S/C11H23O3P/c1-8(2)9(12)11(5,13)14-7-10(3,4)15-6/h8,13,15H,7H2,1-6H3. The van der Waals surface area contributed by atoms with Crippen LogP contribution in [0.4, 0.5) is 0 Å². The number of ether oxygens (including phenoxy) is 1. The van der Waals surface area contributed by atoms with Crippen molar-refractivity contribution in [3.05, 3.63) is 0 Å². The van der Waals surface area contributed by atoms with Crippen LogP contribution in [-0.2, 0) is 9.53 Å². The molecule has 1 N–H and O–H groups in total. The van der Waals surface area contributed by atoms with Crippen LogP contribution in [-0.4, -0.2) is 35.1 Å². The van der Waals surface area contributed by atoms with Gasteiger partial charge in [-0.05, 0) is 13.6 Å². The molecule has 0 aliphatic heterocycles. The summed E-state index contributed by atoms with van der Waals surface area (Å²) >= 11 is 0. The van der Waals surface area contributed by atoms with Crippen molar-refractivity contribution in [2.24, 2.45) is 5.92 Å². The average Bonchev–Trinajstić information content (AvgIpc) is 2.14. The van der Waals surface area contributed by atoms with Gasteiger partial charge in [-0.2, -0.15) is 0 Å². The summed E-state index contributed by atoms with van der Waals surface area (Å²) in [5, 5.41) is 9.86. The average molecular weight is 234 g/mol. The third kappa shape index (κ3) is 5.05. The zero-order valence-electron chi connectivity index (χ0n) is 10.5. The van der Waals surface area contributed by atoms with E-state index in [-0.39, 0.29) is 16.9 Å². The van der Waals surface area contributed by atoms with E-state index in [1.807, 2.05) is 0 Å². The number of hydrogen-bond acceptors (Lipinski definition) is 3. The Labute approximate surface area is 94.4 Å². The molecule has 0 aromatic heterocycles. The Morgan fingerprint density at radius 1 is 1.40 bits per heavy atom. The summed E-state index contributed by atoms with van der Waals surface area (Å²) < 4.78 is 5.32. The van der Waals surface area contributed by atoms with E-state index in [4.69, 9.17) is 4.74 Å². The van der Waals surface area contributed by atoms with Crippen LogP contribution < -0.4 is 0 Å². The number of hydrogen-bond donors (Lipinski definition) is 1. The minimum Gasteiger partial charge on any atom is -0.360 e. The summed E-state index contributed by atoms with van der Waals surface area (Å²) in [5.41, 5.74) is 0. The second-order valence-electron chi connectivity index (χ2n) is 4.92. The largest absolute Gasteiger partial charge is 0.360 e. The molecule has 2 unspecified atom stereocenters. The summed E-state index contributed by atoms with van der Waals surface area (Å²) in [6, 6.07) is 0. The molecule has 0 aromatic carbocycles. The SMILES string of the molecule is CPC(C)(C)COC(C)(O)C(=O)C(C)C. The van der Waals surface area contributed by atoms with E-state index in [2.05, 4.69) is 20.5 Å². The molecule has 90 valence electrons. The van der Waals surface area contributed by atoms with Crippen molar-refractivity contribution in [3.8, 4) is 0 Å². The van der Waals surface area contributed by atoms with Gasteiger partial charge in [0, 0.05) is 11.1 Å². The van der Waals surface area contributed by atoms with Gasteiger partial charge >= 0.3 is 0 Å². The summed E-state index contributed by atoms with van der Waals surface area (Å²) in [5.74, 6) is -2.13. The van der Waals surface area contributed by atoms with Crippen LogP contribution in [0.2, 0.25) is 0 Å². The van der Waals surface area contributed by atoms with Gasteiger partial charge in [0.25, 0.3) is 0 Å². The Morgan fingerprint density at radius 2 is 1.87 bits per heavy atom. The number of Topliss-reactive ketones (excluding diaryl/α,β-unsaturated/α-hetero) is 1. The van der Waals surface area contributed by atoms with Crippen LogP contribution in [0.15, 0.2) is 0 Å².